The van der Waals surface area contributed by atoms with Crippen molar-refractivity contribution in [3.63, 3.8) is 0 Å². The van der Waals surface area contributed by atoms with Crippen LogP contribution in [-0.4, -0.2) is 6.67 Å². The van der Waals surface area contributed by atoms with Crippen LogP contribution in [0.1, 0.15) is 12.8 Å². The summed E-state index contributed by atoms with van der Waals surface area (Å²) in [5.41, 5.74) is 0. The Morgan fingerprint density at radius 2 is 1.50 bits per heavy atom. The molecule has 0 heterocycles. The molecule has 1 nitrogen and oxygen atoms in total. The van der Waals surface area contributed by atoms with Gasteiger partial charge in [-0.3, -0.25) is 0 Å². The molecule has 0 fully saturated rings. The van der Waals surface area contributed by atoms with Crippen LogP contribution in [0.2, 0.25) is 0 Å². The Balaban J connectivity index is 4.74. The van der Waals surface area contributed by atoms with Crippen LogP contribution in [0.15, 0.2) is 23.3 Å². The van der Waals surface area contributed by atoms with E-state index in [0.717, 1.165) is 0 Å². The predicted octanol–water partition coefficient (Wildman–Crippen LogP) is 3.56. The van der Waals surface area contributed by atoms with Gasteiger partial charge in [-0.1, -0.05) is 0 Å². The van der Waals surface area contributed by atoms with Crippen molar-refractivity contribution in [2.45, 2.75) is 12.8 Å². The summed E-state index contributed by atoms with van der Waals surface area (Å²) in [5, 5.41) is 7.99. The maximum Gasteiger partial charge on any atom is 0.195 e. The number of hydrogen-bond donors (Lipinski definition) is 0. The number of allylic oxidation sites excluding steroid dienone is 4. The molecule has 14 heavy (non-hydrogen) atoms. The maximum atomic E-state index is 12.5. The number of hydrogen-bond acceptors (Lipinski definition) is 1. The Hall–Kier alpha value is -1.38. The van der Waals surface area contributed by atoms with E-state index < -0.39 is 36.4 Å². The summed E-state index contributed by atoms with van der Waals surface area (Å²) in [7, 11) is 0. The zero-order valence-corrected chi connectivity index (χ0v) is 6.96. The van der Waals surface area contributed by atoms with E-state index in [9.17, 15) is 22.0 Å². The molecule has 0 saturated carbocycles. The molecule has 0 unspecified atom stereocenters. The van der Waals surface area contributed by atoms with Gasteiger partial charge in [0, 0.05) is 12.8 Å². The molecular weight excluding hydrogens is 205 g/mol. The van der Waals surface area contributed by atoms with Crippen molar-refractivity contribution < 1.29 is 22.0 Å². The van der Waals surface area contributed by atoms with E-state index in [1.54, 1.807) is 0 Å². The van der Waals surface area contributed by atoms with E-state index in [-0.39, 0.29) is 6.42 Å². The molecule has 0 rings (SSSR count). The van der Waals surface area contributed by atoms with Crippen molar-refractivity contribution in [2.24, 2.45) is 0 Å². The van der Waals surface area contributed by atoms with Crippen LogP contribution >= 0.6 is 0 Å². The second-order valence-corrected chi connectivity index (χ2v) is 2.23. The molecule has 78 valence electrons. The lowest BCUT2D eigenvalue weighted by Gasteiger charge is -1.97. The third-order valence-electron chi connectivity index (χ3n) is 1.24. The van der Waals surface area contributed by atoms with Crippen molar-refractivity contribution in [1.29, 1.82) is 5.26 Å². The molecule has 0 radical (unpaired) electrons. The van der Waals surface area contributed by atoms with E-state index >= 15 is 0 Å². The Morgan fingerprint density at radius 3 is 1.93 bits per heavy atom. The molecule has 0 aliphatic rings. The first-order valence-electron chi connectivity index (χ1n) is 3.56. The Bertz CT molecular complexity index is 299. The van der Waals surface area contributed by atoms with Crippen LogP contribution < -0.4 is 0 Å². The minimum Gasteiger partial charge on any atom is -0.243 e. The molecule has 0 atom stereocenters. The van der Waals surface area contributed by atoms with Crippen molar-refractivity contribution in [3.05, 3.63) is 23.3 Å². The standard InChI is InChI=1S/C8H6F5N/c9-4-6(11)8(13)7(12)5(10)2-1-3-14/h1-2,4H2/b7-5-,8-6-. The lowest BCUT2D eigenvalue weighted by atomic mass is 10.2. The Kier molecular flexibility index (Phi) is 5.53. The zero-order valence-electron chi connectivity index (χ0n) is 6.96. The van der Waals surface area contributed by atoms with E-state index in [0.29, 0.717) is 0 Å². The number of rotatable bonds is 4. The predicted molar refractivity (Wildman–Crippen MR) is 39.3 cm³/mol. The fraction of sp³-hybridized carbons (Fsp3) is 0.375. The maximum absolute atomic E-state index is 12.5. The first kappa shape index (κ1) is 12.6. The summed E-state index contributed by atoms with van der Waals surface area (Å²) >= 11 is 0. The summed E-state index contributed by atoms with van der Waals surface area (Å²) < 4.78 is 61.0. The highest BCUT2D eigenvalue weighted by Gasteiger charge is 2.16. The molecule has 0 aromatic rings. The van der Waals surface area contributed by atoms with Gasteiger partial charge in [0.1, 0.15) is 12.5 Å². The minimum atomic E-state index is -2.19. The smallest absolute Gasteiger partial charge is 0.195 e. The van der Waals surface area contributed by atoms with Crippen molar-refractivity contribution >= 4 is 0 Å². The summed E-state index contributed by atoms with van der Waals surface area (Å²) in [5.74, 6) is -7.89. The van der Waals surface area contributed by atoms with Crippen molar-refractivity contribution in [1.82, 2.24) is 0 Å². The van der Waals surface area contributed by atoms with Gasteiger partial charge in [-0.05, 0) is 0 Å². The van der Waals surface area contributed by atoms with Crippen LogP contribution in [0.4, 0.5) is 22.0 Å². The largest absolute Gasteiger partial charge is 0.243 e. The lowest BCUT2D eigenvalue weighted by Crippen LogP contribution is -1.88. The average Bonchev–Trinajstić information content (AvgIpc) is 2.22. The molecule has 6 heteroatoms. The van der Waals surface area contributed by atoms with E-state index in [4.69, 9.17) is 5.26 Å². The number of nitrogens with zero attached hydrogens (tertiary/aromatic N) is 1. The number of alkyl halides is 1. The first-order valence-corrected chi connectivity index (χ1v) is 3.56. The Labute approximate surface area is 77.1 Å². The minimum absolute atomic E-state index is 0.371. The van der Waals surface area contributed by atoms with Gasteiger partial charge in [0.05, 0.1) is 6.07 Å². The van der Waals surface area contributed by atoms with E-state index in [1.165, 1.54) is 6.07 Å². The van der Waals surface area contributed by atoms with Crippen molar-refractivity contribution in [3.8, 4) is 6.07 Å². The van der Waals surface area contributed by atoms with Gasteiger partial charge in [-0.2, -0.15) is 5.26 Å². The summed E-state index contributed by atoms with van der Waals surface area (Å²) in [6, 6.07) is 1.49. The van der Waals surface area contributed by atoms with Gasteiger partial charge in [-0.15, -0.1) is 0 Å². The topological polar surface area (TPSA) is 23.8 Å². The average molecular weight is 211 g/mol. The fourth-order valence-corrected chi connectivity index (χ4v) is 0.572. The Morgan fingerprint density at radius 1 is 1.00 bits per heavy atom. The third kappa shape index (κ3) is 3.56. The van der Waals surface area contributed by atoms with Gasteiger partial charge < -0.3 is 0 Å². The van der Waals surface area contributed by atoms with Crippen LogP contribution in [0.3, 0.4) is 0 Å². The fourth-order valence-electron chi connectivity index (χ4n) is 0.572. The van der Waals surface area contributed by atoms with Gasteiger partial charge in [0.15, 0.2) is 17.5 Å². The van der Waals surface area contributed by atoms with Gasteiger partial charge in [-0.25, -0.2) is 22.0 Å². The second kappa shape index (κ2) is 6.13. The van der Waals surface area contributed by atoms with Crippen LogP contribution in [0.25, 0.3) is 0 Å². The SMILES string of the molecule is N#CCC/C(F)=C(F)\C(F)=C(\F)CF. The van der Waals surface area contributed by atoms with Crippen LogP contribution in [-0.2, 0) is 0 Å². The molecule has 0 aromatic carbocycles. The monoisotopic (exact) mass is 211 g/mol. The van der Waals surface area contributed by atoms with Gasteiger partial charge in [0.25, 0.3) is 0 Å². The zero-order chi connectivity index (χ0) is 11.1. The van der Waals surface area contributed by atoms with Crippen LogP contribution in [0.5, 0.6) is 0 Å². The summed E-state index contributed by atoms with van der Waals surface area (Å²) in [6.07, 6.45) is -1.04. The molecule has 0 N–H and O–H groups in total. The highest BCUT2D eigenvalue weighted by atomic mass is 19.2. The first-order chi connectivity index (χ1) is 6.54. The number of halogens is 5. The third-order valence-corrected chi connectivity index (χ3v) is 1.24. The molecule has 0 aromatic heterocycles. The van der Waals surface area contributed by atoms with Crippen LogP contribution in [0, 0.1) is 11.3 Å². The van der Waals surface area contributed by atoms with Gasteiger partial charge in [0.2, 0.25) is 0 Å². The quantitative estimate of drug-likeness (QED) is 0.515. The molecular formula is C8H6F5N. The summed E-state index contributed by atoms with van der Waals surface area (Å²) in [4.78, 5) is 0. The molecule has 0 bridgehead atoms. The van der Waals surface area contributed by atoms with Gasteiger partial charge >= 0.3 is 0 Å². The van der Waals surface area contributed by atoms with Crippen molar-refractivity contribution in [2.75, 3.05) is 6.67 Å². The molecule has 0 aliphatic heterocycles. The number of nitriles is 1. The van der Waals surface area contributed by atoms with E-state index in [2.05, 4.69) is 0 Å². The molecule has 0 saturated heterocycles. The summed E-state index contributed by atoms with van der Waals surface area (Å²) in [6.45, 7) is -1.84. The highest BCUT2D eigenvalue weighted by Crippen LogP contribution is 2.25. The molecule has 0 amide bonds. The second-order valence-electron chi connectivity index (χ2n) is 2.23. The molecule has 0 aliphatic carbocycles. The van der Waals surface area contributed by atoms with E-state index in [1.807, 2.05) is 0 Å². The normalized spacial score (nSPS) is 14.3. The lowest BCUT2D eigenvalue weighted by molar-refractivity contribution is 0.407. The molecule has 0 spiro atoms. The highest BCUT2D eigenvalue weighted by molar-refractivity contribution is 5.24.